The van der Waals surface area contributed by atoms with Crippen LogP contribution in [0, 0.1) is 0 Å². The van der Waals surface area contributed by atoms with Crippen molar-refractivity contribution in [3.8, 4) is 17.1 Å². The number of halogens is 1. The van der Waals surface area contributed by atoms with Crippen molar-refractivity contribution in [1.82, 2.24) is 14.4 Å². The number of nitrogens with zero attached hydrogens (tertiary/aromatic N) is 3. The summed E-state index contributed by atoms with van der Waals surface area (Å²) in [5.41, 5.74) is 0.694. The fourth-order valence-corrected chi connectivity index (χ4v) is 3.82. The van der Waals surface area contributed by atoms with Crippen molar-refractivity contribution in [2.45, 2.75) is 11.5 Å². The van der Waals surface area contributed by atoms with E-state index in [4.69, 9.17) is 25.6 Å². The molecule has 30 heavy (non-hydrogen) atoms. The van der Waals surface area contributed by atoms with Crippen molar-refractivity contribution < 1.29 is 27.2 Å². The van der Waals surface area contributed by atoms with Gasteiger partial charge < -0.3 is 14.0 Å². The van der Waals surface area contributed by atoms with Crippen LogP contribution in [0.15, 0.2) is 51.9 Å². The predicted molar refractivity (Wildman–Crippen MR) is 108 cm³/mol. The third kappa shape index (κ3) is 4.61. The van der Waals surface area contributed by atoms with Gasteiger partial charge in [-0.1, -0.05) is 28.9 Å². The number of ether oxygens (including phenoxy) is 2. The number of sulfonamides is 1. The first-order valence-electron chi connectivity index (χ1n) is 8.58. The molecule has 0 bridgehead atoms. The lowest BCUT2D eigenvalue weighted by atomic mass is 10.2. The van der Waals surface area contributed by atoms with Crippen molar-refractivity contribution in [2.75, 3.05) is 21.2 Å². The topological polar surface area (TPSA) is 112 Å². The van der Waals surface area contributed by atoms with Crippen LogP contribution in [0.25, 0.3) is 11.4 Å². The molecule has 2 aromatic carbocycles. The van der Waals surface area contributed by atoms with Crippen LogP contribution in [0.2, 0.25) is 5.02 Å². The van der Waals surface area contributed by atoms with Gasteiger partial charge in [0.25, 0.3) is 5.89 Å². The molecule has 0 radical (unpaired) electrons. The van der Waals surface area contributed by atoms with E-state index in [0.717, 1.165) is 10.4 Å². The smallest absolute Gasteiger partial charge is 0.338 e. The summed E-state index contributed by atoms with van der Waals surface area (Å²) >= 11 is 5.98. The summed E-state index contributed by atoms with van der Waals surface area (Å²) in [4.78, 5) is 16.3. The van der Waals surface area contributed by atoms with Gasteiger partial charge in [0.05, 0.1) is 17.7 Å². The molecule has 0 aliphatic heterocycles. The van der Waals surface area contributed by atoms with E-state index in [0.29, 0.717) is 17.1 Å². The van der Waals surface area contributed by atoms with Crippen LogP contribution in [-0.2, 0) is 21.4 Å². The molecule has 9 nitrogen and oxygen atoms in total. The first-order chi connectivity index (χ1) is 14.2. The van der Waals surface area contributed by atoms with Crippen LogP contribution in [0.1, 0.15) is 16.2 Å². The van der Waals surface area contributed by atoms with E-state index >= 15 is 0 Å². The number of esters is 1. The molecule has 3 aromatic rings. The summed E-state index contributed by atoms with van der Waals surface area (Å²) in [5.74, 6) is 0.265. The molecular weight excluding hydrogens is 434 g/mol. The SMILES string of the molecule is COc1cccc(-c2noc(COC(=O)c3ccc(Cl)c(S(=O)(=O)N(C)C)c3)n2)c1. The fraction of sp³-hybridized carbons (Fsp3) is 0.211. The Balaban J connectivity index is 1.73. The largest absolute Gasteiger partial charge is 0.497 e. The van der Waals surface area contributed by atoms with Crippen molar-refractivity contribution in [3.63, 3.8) is 0 Å². The number of carbonyl (C=O) groups excluding carboxylic acids is 1. The van der Waals surface area contributed by atoms with Gasteiger partial charge in [-0.25, -0.2) is 17.5 Å². The zero-order valence-electron chi connectivity index (χ0n) is 16.3. The number of hydrogen-bond acceptors (Lipinski definition) is 8. The number of methoxy groups -OCH3 is 1. The zero-order valence-corrected chi connectivity index (χ0v) is 17.9. The van der Waals surface area contributed by atoms with Gasteiger partial charge in [-0.2, -0.15) is 4.98 Å². The van der Waals surface area contributed by atoms with Crippen molar-refractivity contribution in [1.29, 1.82) is 0 Å². The molecule has 0 atom stereocenters. The van der Waals surface area contributed by atoms with Crippen LogP contribution in [0.3, 0.4) is 0 Å². The third-order valence-corrected chi connectivity index (χ3v) is 6.34. The Kier molecular flexibility index (Phi) is 6.40. The lowest BCUT2D eigenvalue weighted by Gasteiger charge is -2.13. The highest BCUT2D eigenvalue weighted by Gasteiger charge is 2.23. The van der Waals surface area contributed by atoms with E-state index in [1.54, 1.807) is 31.4 Å². The van der Waals surface area contributed by atoms with Gasteiger partial charge in [-0.05, 0) is 30.3 Å². The van der Waals surface area contributed by atoms with E-state index in [-0.39, 0.29) is 28.0 Å². The van der Waals surface area contributed by atoms with Crippen LogP contribution < -0.4 is 4.74 Å². The second kappa shape index (κ2) is 8.82. The summed E-state index contributed by atoms with van der Waals surface area (Å²) in [6.07, 6.45) is 0. The Morgan fingerprint density at radius 3 is 2.67 bits per heavy atom. The Labute approximate surface area is 178 Å². The number of rotatable bonds is 7. The molecule has 0 amide bonds. The average molecular weight is 452 g/mol. The maximum Gasteiger partial charge on any atom is 0.338 e. The van der Waals surface area contributed by atoms with Crippen LogP contribution >= 0.6 is 11.6 Å². The molecule has 11 heteroatoms. The highest BCUT2D eigenvalue weighted by Crippen LogP contribution is 2.25. The molecule has 0 aliphatic carbocycles. The molecule has 0 aliphatic rings. The average Bonchev–Trinajstić information content (AvgIpc) is 3.21. The van der Waals surface area contributed by atoms with E-state index in [1.807, 2.05) is 0 Å². The first-order valence-corrected chi connectivity index (χ1v) is 10.4. The highest BCUT2D eigenvalue weighted by molar-refractivity contribution is 7.89. The maximum atomic E-state index is 12.4. The minimum atomic E-state index is -3.82. The summed E-state index contributed by atoms with van der Waals surface area (Å²) in [7, 11) is 0.461. The first kappa shape index (κ1) is 21.8. The molecule has 0 spiro atoms. The number of carbonyl (C=O) groups is 1. The number of benzene rings is 2. The molecule has 0 N–H and O–H groups in total. The van der Waals surface area contributed by atoms with Gasteiger partial charge in [0.1, 0.15) is 10.6 Å². The Hall–Kier alpha value is -2.95. The monoisotopic (exact) mass is 451 g/mol. The standard InChI is InChI=1S/C19H18ClN3O6S/c1-23(2)30(25,26)16-10-13(7-8-15(16)20)19(24)28-11-17-21-18(22-29-17)12-5-4-6-14(9-12)27-3/h4-10H,11H2,1-3H3. The third-order valence-electron chi connectivity index (χ3n) is 4.05. The quantitative estimate of drug-likeness (QED) is 0.504. The summed E-state index contributed by atoms with van der Waals surface area (Å²) in [6, 6.07) is 10.9. The van der Waals surface area contributed by atoms with Gasteiger partial charge in [0.2, 0.25) is 15.8 Å². The van der Waals surface area contributed by atoms with E-state index in [9.17, 15) is 13.2 Å². The van der Waals surface area contributed by atoms with Crippen molar-refractivity contribution >= 4 is 27.6 Å². The van der Waals surface area contributed by atoms with Gasteiger partial charge >= 0.3 is 5.97 Å². The molecule has 158 valence electrons. The summed E-state index contributed by atoms with van der Waals surface area (Å²) < 4.78 is 41.1. The minimum absolute atomic E-state index is 0.0000762. The summed E-state index contributed by atoms with van der Waals surface area (Å²) in [6.45, 7) is -0.284. The summed E-state index contributed by atoms with van der Waals surface area (Å²) in [5, 5.41) is 3.85. The lowest BCUT2D eigenvalue weighted by molar-refractivity contribution is 0.0429. The van der Waals surface area contributed by atoms with E-state index in [2.05, 4.69) is 10.1 Å². The van der Waals surface area contributed by atoms with Crippen LogP contribution in [-0.4, -0.2) is 50.0 Å². The molecule has 3 rings (SSSR count). The fourth-order valence-electron chi connectivity index (χ4n) is 2.43. The molecule has 0 saturated carbocycles. The van der Waals surface area contributed by atoms with Gasteiger partial charge in [-0.15, -0.1) is 0 Å². The molecule has 0 saturated heterocycles. The lowest BCUT2D eigenvalue weighted by Crippen LogP contribution is -2.23. The van der Waals surface area contributed by atoms with E-state index in [1.165, 1.54) is 26.2 Å². The van der Waals surface area contributed by atoms with Crippen LogP contribution in [0.4, 0.5) is 0 Å². The molecular formula is C19H18ClN3O6S. The van der Waals surface area contributed by atoms with Gasteiger partial charge in [-0.3, -0.25) is 0 Å². The molecule has 0 unspecified atom stereocenters. The highest BCUT2D eigenvalue weighted by atomic mass is 35.5. The number of aromatic nitrogens is 2. The van der Waals surface area contributed by atoms with Crippen molar-refractivity contribution in [3.05, 3.63) is 58.9 Å². The van der Waals surface area contributed by atoms with Gasteiger partial charge in [0, 0.05) is 19.7 Å². The predicted octanol–water partition coefficient (Wildman–Crippen LogP) is 3.01. The normalized spacial score (nSPS) is 11.5. The van der Waals surface area contributed by atoms with Gasteiger partial charge in [0.15, 0.2) is 6.61 Å². The minimum Gasteiger partial charge on any atom is -0.497 e. The van der Waals surface area contributed by atoms with Crippen molar-refractivity contribution in [2.24, 2.45) is 0 Å². The van der Waals surface area contributed by atoms with E-state index < -0.39 is 16.0 Å². The Morgan fingerprint density at radius 2 is 1.97 bits per heavy atom. The Bertz CT molecular complexity index is 1180. The molecule has 0 fully saturated rings. The second-order valence-corrected chi connectivity index (χ2v) is 8.78. The molecule has 1 heterocycles. The Morgan fingerprint density at radius 1 is 1.20 bits per heavy atom. The van der Waals surface area contributed by atoms with Crippen LogP contribution in [0.5, 0.6) is 5.75 Å². The number of hydrogen-bond donors (Lipinski definition) is 0. The maximum absolute atomic E-state index is 12.4. The molecule has 1 aromatic heterocycles. The second-order valence-electron chi connectivity index (χ2n) is 6.25. The zero-order chi connectivity index (χ0) is 21.9.